The molecule has 1 aromatic carbocycles. The highest BCUT2D eigenvalue weighted by Gasteiger charge is 2.23. The number of rotatable bonds is 4. The van der Waals surface area contributed by atoms with Crippen molar-refractivity contribution in [1.82, 2.24) is 10.6 Å². The van der Waals surface area contributed by atoms with Gasteiger partial charge in [0.1, 0.15) is 5.82 Å². The second-order valence-corrected chi connectivity index (χ2v) is 4.77. The van der Waals surface area contributed by atoms with E-state index < -0.39 is 23.2 Å². The van der Waals surface area contributed by atoms with Gasteiger partial charge in [-0.1, -0.05) is 18.2 Å². The Hall–Kier alpha value is -1.95. The fourth-order valence-corrected chi connectivity index (χ4v) is 1.30. The number of aliphatic hydroxyl groups excluding tert-OH is 1. The summed E-state index contributed by atoms with van der Waals surface area (Å²) in [7, 11) is 0. The van der Waals surface area contributed by atoms with Gasteiger partial charge in [0, 0.05) is 12.1 Å². The highest BCUT2D eigenvalue weighted by atomic mass is 19.1. The third-order valence-electron chi connectivity index (χ3n) is 2.45. The first kappa shape index (κ1) is 15.1. The molecule has 0 saturated carbocycles. The minimum absolute atomic E-state index is 0.0710. The van der Waals surface area contributed by atoms with E-state index in [9.17, 15) is 14.0 Å². The zero-order valence-electron chi connectivity index (χ0n) is 10.9. The normalized spacial score (nSPS) is 10.9. The van der Waals surface area contributed by atoms with Crippen LogP contribution in [0.5, 0.6) is 0 Å². The maximum absolute atomic E-state index is 13.3. The summed E-state index contributed by atoms with van der Waals surface area (Å²) in [5.41, 5.74) is -0.586. The lowest BCUT2D eigenvalue weighted by atomic mass is 10.1. The number of amides is 2. The molecule has 0 saturated heterocycles. The van der Waals surface area contributed by atoms with E-state index in [1.165, 1.54) is 18.2 Å². The van der Waals surface area contributed by atoms with Crippen LogP contribution in [-0.4, -0.2) is 29.1 Å². The molecular formula is C13H17FN2O3. The molecule has 19 heavy (non-hydrogen) atoms. The number of hydrogen-bond donors (Lipinski definition) is 3. The Labute approximate surface area is 110 Å². The number of hydrogen-bond acceptors (Lipinski definition) is 3. The molecule has 5 nitrogen and oxygen atoms in total. The third kappa shape index (κ3) is 4.67. The minimum Gasteiger partial charge on any atom is -0.394 e. The SMILES string of the molecule is CC(C)(CO)NC(=O)C(=O)NCc1ccccc1F. The number of carbonyl (C=O) groups excluding carboxylic acids is 2. The van der Waals surface area contributed by atoms with Crippen molar-refractivity contribution in [2.45, 2.75) is 25.9 Å². The van der Waals surface area contributed by atoms with Crippen LogP contribution in [0.2, 0.25) is 0 Å². The summed E-state index contributed by atoms with van der Waals surface area (Å²) in [6.07, 6.45) is 0. The van der Waals surface area contributed by atoms with Gasteiger partial charge in [-0.2, -0.15) is 0 Å². The molecule has 3 N–H and O–H groups in total. The maximum atomic E-state index is 13.3. The van der Waals surface area contributed by atoms with Gasteiger partial charge in [0.05, 0.1) is 12.1 Å². The molecule has 0 unspecified atom stereocenters. The van der Waals surface area contributed by atoms with E-state index >= 15 is 0 Å². The monoisotopic (exact) mass is 268 g/mol. The van der Waals surface area contributed by atoms with Gasteiger partial charge >= 0.3 is 11.8 Å². The molecule has 0 atom stereocenters. The molecule has 0 aliphatic rings. The fourth-order valence-electron chi connectivity index (χ4n) is 1.30. The summed E-state index contributed by atoms with van der Waals surface area (Å²) in [5.74, 6) is -2.18. The molecular weight excluding hydrogens is 251 g/mol. The molecule has 0 aliphatic carbocycles. The quantitative estimate of drug-likeness (QED) is 0.689. The van der Waals surface area contributed by atoms with Crippen molar-refractivity contribution in [3.05, 3.63) is 35.6 Å². The van der Waals surface area contributed by atoms with Crippen molar-refractivity contribution in [1.29, 1.82) is 0 Å². The number of benzene rings is 1. The van der Waals surface area contributed by atoms with E-state index in [0.29, 0.717) is 5.56 Å². The average molecular weight is 268 g/mol. The summed E-state index contributed by atoms with van der Waals surface area (Å²) < 4.78 is 13.3. The van der Waals surface area contributed by atoms with Crippen LogP contribution in [0.4, 0.5) is 4.39 Å². The molecule has 0 radical (unpaired) electrons. The molecule has 0 aromatic heterocycles. The van der Waals surface area contributed by atoms with Gasteiger partial charge in [0.15, 0.2) is 0 Å². The first-order valence-corrected chi connectivity index (χ1v) is 5.80. The Morgan fingerprint density at radius 1 is 1.26 bits per heavy atom. The van der Waals surface area contributed by atoms with Crippen molar-refractivity contribution < 1.29 is 19.1 Å². The van der Waals surface area contributed by atoms with Crippen molar-refractivity contribution in [3.8, 4) is 0 Å². The molecule has 104 valence electrons. The fraction of sp³-hybridized carbons (Fsp3) is 0.385. The summed E-state index contributed by atoms with van der Waals surface area (Å²) >= 11 is 0. The van der Waals surface area contributed by atoms with Crippen LogP contribution in [0, 0.1) is 5.82 Å². The molecule has 0 heterocycles. The lowest BCUT2D eigenvalue weighted by molar-refractivity contribution is -0.140. The first-order valence-electron chi connectivity index (χ1n) is 5.80. The van der Waals surface area contributed by atoms with Gasteiger partial charge < -0.3 is 15.7 Å². The van der Waals surface area contributed by atoms with E-state index in [2.05, 4.69) is 10.6 Å². The van der Waals surface area contributed by atoms with E-state index in [4.69, 9.17) is 5.11 Å². The van der Waals surface area contributed by atoms with Gasteiger partial charge in [-0.3, -0.25) is 9.59 Å². The van der Waals surface area contributed by atoms with Crippen molar-refractivity contribution >= 4 is 11.8 Å². The average Bonchev–Trinajstić information content (AvgIpc) is 2.37. The van der Waals surface area contributed by atoms with Crippen molar-refractivity contribution in [3.63, 3.8) is 0 Å². The lowest BCUT2D eigenvalue weighted by Gasteiger charge is -2.22. The molecule has 0 fully saturated rings. The van der Waals surface area contributed by atoms with Crippen molar-refractivity contribution in [2.75, 3.05) is 6.61 Å². The largest absolute Gasteiger partial charge is 0.394 e. The predicted molar refractivity (Wildman–Crippen MR) is 67.6 cm³/mol. The Morgan fingerprint density at radius 2 is 1.89 bits per heavy atom. The topological polar surface area (TPSA) is 78.4 Å². The molecule has 2 amide bonds. The van der Waals surface area contributed by atoms with Gasteiger partial charge in [-0.25, -0.2) is 4.39 Å². The van der Waals surface area contributed by atoms with Gasteiger partial charge in [-0.05, 0) is 19.9 Å². The number of carbonyl (C=O) groups is 2. The molecule has 6 heteroatoms. The summed E-state index contributed by atoms with van der Waals surface area (Å²) in [4.78, 5) is 23.0. The van der Waals surface area contributed by atoms with Crippen LogP contribution in [0.1, 0.15) is 19.4 Å². The number of aliphatic hydroxyl groups is 1. The molecule has 1 aromatic rings. The molecule has 0 spiro atoms. The zero-order valence-corrected chi connectivity index (χ0v) is 10.9. The Kier molecular flexibility index (Phi) is 5.00. The smallest absolute Gasteiger partial charge is 0.309 e. The summed E-state index contributed by atoms with van der Waals surface area (Å²) in [6, 6.07) is 5.97. The van der Waals surface area contributed by atoms with Crippen LogP contribution >= 0.6 is 0 Å². The Balaban J connectivity index is 2.52. The van der Waals surface area contributed by atoms with Crippen LogP contribution in [0.25, 0.3) is 0 Å². The van der Waals surface area contributed by atoms with E-state index in [0.717, 1.165) is 0 Å². The van der Waals surface area contributed by atoms with Gasteiger partial charge in [0.25, 0.3) is 0 Å². The van der Waals surface area contributed by atoms with Crippen LogP contribution in [-0.2, 0) is 16.1 Å². The highest BCUT2D eigenvalue weighted by Crippen LogP contribution is 2.05. The van der Waals surface area contributed by atoms with E-state index in [1.807, 2.05) is 0 Å². The summed E-state index contributed by atoms with van der Waals surface area (Å²) in [5, 5.41) is 13.6. The van der Waals surface area contributed by atoms with Gasteiger partial charge in [-0.15, -0.1) is 0 Å². The zero-order chi connectivity index (χ0) is 14.5. The van der Waals surface area contributed by atoms with E-state index in [-0.39, 0.29) is 13.2 Å². The minimum atomic E-state index is -0.883. The van der Waals surface area contributed by atoms with Crippen LogP contribution in [0.15, 0.2) is 24.3 Å². The third-order valence-corrected chi connectivity index (χ3v) is 2.45. The standard InChI is InChI=1S/C13H17FN2O3/c1-13(2,8-17)16-12(19)11(18)15-7-9-5-3-4-6-10(9)14/h3-6,17H,7-8H2,1-2H3,(H,15,18)(H,16,19). The lowest BCUT2D eigenvalue weighted by Crippen LogP contribution is -2.51. The predicted octanol–water partition coefficient (Wildman–Crippen LogP) is 0.329. The number of halogens is 1. The van der Waals surface area contributed by atoms with Crippen LogP contribution in [0.3, 0.4) is 0 Å². The molecule has 0 aliphatic heterocycles. The summed E-state index contributed by atoms with van der Waals surface area (Å²) in [6.45, 7) is 2.79. The van der Waals surface area contributed by atoms with Gasteiger partial charge in [0.2, 0.25) is 0 Å². The molecule has 1 rings (SSSR count). The Bertz CT molecular complexity index is 475. The van der Waals surface area contributed by atoms with Crippen molar-refractivity contribution in [2.24, 2.45) is 0 Å². The maximum Gasteiger partial charge on any atom is 0.309 e. The number of nitrogens with one attached hydrogen (secondary N) is 2. The molecule has 0 bridgehead atoms. The van der Waals surface area contributed by atoms with Crippen LogP contribution < -0.4 is 10.6 Å². The first-order chi connectivity index (χ1) is 8.85. The highest BCUT2D eigenvalue weighted by molar-refractivity contribution is 6.35. The second-order valence-electron chi connectivity index (χ2n) is 4.77. The second kappa shape index (κ2) is 6.29. The Morgan fingerprint density at radius 3 is 2.47 bits per heavy atom. The van der Waals surface area contributed by atoms with E-state index in [1.54, 1.807) is 19.9 Å².